The van der Waals surface area contributed by atoms with Crippen molar-refractivity contribution in [2.24, 2.45) is 11.8 Å². The molecule has 2 atom stereocenters. The second-order valence-electron chi connectivity index (χ2n) is 5.37. The summed E-state index contributed by atoms with van der Waals surface area (Å²) in [7, 11) is -4.93. The van der Waals surface area contributed by atoms with Crippen LogP contribution in [0.4, 0.5) is 0 Å². The van der Waals surface area contributed by atoms with Crippen LogP contribution in [0.1, 0.15) is 65.2 Å². The molecule has 2 N–H and O–H groups in total. The van der Waals surface area contributed by atoms with Gasteiger partial charge in [-0.2, -0.15) is 8.42 Å². The lowest BCUT2D eigenvalue weighted by Gasteiger charge is -2.21. The van der Waals surface area contributed by atoms with Crippen molar-refractivity contribution in [1.82, 2.24) is 0 Å². The largest absolute Gasteiger partial charge is 0.481 e. The Morgan fingerprint density at radius 3 is 1.77 bits per heavy atom. The van der Waals surface area contributed by atoms with Gasteiger partial charge in [0.25, 0.3) is 0 Å². The molecule has 0 amide bonds. The molecule has 0 aliphatic rings. The Balaban J connectivity index is 5.04. The topological polar surface area (TPSA) is 118 Å². The molecule has 0 fully saturated rings. The standard InChI is InChI=1S/C14H26O7S/c1-3-5-7-9-11(13(15)16)12(10-8-6-4-2)14(17)21-22(18,19)20/h11-12H,3-10H2,1-2H3,(H,15,16)(H,18,19,20). The SMILES string of the molecule is CCCCCC(C(=O)O)C(CCCCC)C(=O)OS(=O)(=O)O. The minimum absolute atomic E-state index is 0.227. The van der Waals surface area contributed by atoms with Gasteiger partial charge in [-0.15, -0.1) is 0 Å². The molecular weight excluding hydrogens is 312 g/mol. The number of carboxylic acids is 1. The molecule has 0 aliphatic heterocycles. The summed E-state index contributed by atoms with van der Waals surface area (Å²) in [6.45, 7) is 3.93. The fourth-order valence-electron chi connectivity index (χ4n) is 2.37. The van der Waals surface area contributed by atoms with Crippen LogP contribution in [0.15, 0.2) is 0 Å². The number of carbonyl (C=O) groups excluding carboxylic acids is 1. The number of carbonyl (C=O) groups is 2. The van der Waals surface area contributed by atoms with Crippen LogP contribution in [0.25, 0.3) is 0 Å². The van der Waals surface area contributed by atoms with Gasteiger partial charge in [0, 0.05) is 0 Å². The number of hydrogen-bond donors (Lipinski definition) is 2. The molecule has 0 aromatic rings. The normalized spacial score (nSPS) is 14.3. The van der Waals surface area contributed by atoms with Gasteiger partial charge in [-0.05, 0) is 12.8 Å². The van der Waals surface area contributed by atoms with Crippen LogP contribution in [0.3, 0.4) is 0 Å². The zero-order chi connectivity index (χ0) is 17.2. The first-order valence-corrected chi connectivity index (χ1v) is 9.03. The van der Waals surface area contributed by atoms with Crippen LogP contribution >= 0.6 is 0 Å². The van der Waals surface area contributed by atoms with E-state index in [1.807, 2.05) is 13.8 Å². The third kappa shape index (κ3) is 8.99. The summed E-state index contributed by atoms with van der Waals surface area (Å²) in [5.41, 5.74) is 0. The van der Waals surface area contributed by atoms with Crippen LogP contribution in [-0.4, -0.2) is 30.0 Å². The van der Waals surface area contributed by atoms with Gasteiger partial charge in [0.15, 0.2) is 0 Å². The molecule has 2 unspecified atom stereocenters. The number of unbranched alkanes of at least 4 members (excludes halogenated alkanes) is 4. The average Bonchev–Trinajstić information content (AvgIpc) is 2.38. The monoisotopic (exact) mass is 338 g/mol. The second kappa shape index (κ2) is 10.6. The minimum Gasteiger partial charge on any atom is -0.481 e. The van der Waals surface area contributed by atoms with E-state index in [1.54, 1.807) is 0 Å². The van der Waals surface area contributed by atoms with E-state index >= 15 is 0 Å². The van der Waals surface area contributed by atoms with Crippen molar-refractivity contribution in [1.29, 1.82) is 0 Å². The number of hydrogen-bond acceptors (Lipinski definition) is 5. The van der Waals surface area contributed by atoms with Gasteiger partial charge in [-0.1, -0.05) is 52.4 Å². The van der Waals surface area contributed by atoms with E-state index in [1.165, 1.54) is 0 Å². The second-order valence-corrected chi connectivity index (χ2v) is 6.40. The Bertz CT molecular complexity index is 444. The fraction of sp³-hybridized carbons (Fsp3) is 0.857. The quantitative estimate of drug-likeness (QED) is 0.415. The predicted molar refractivity (Wildman–Crippen MR) is 80.5 cm³/mol. The number of rotatable bonds is 12. The first kappa shape index (κ1) is 20.9. The van der Waals surface area contributed by atoms with Crippen molar-refractivity contribution in [3.63, 3.8) is 0 Å². The van der Waals surface area contributed by atoms with E-state index in [9.17, 15) is 23.1 Å². The zero-order valence-corrected chi connectivity index (χ0v) is 14.0. The van der Waals surface area contributed by atoms with E-state index in [-0.39, 0.29) is 12.8 Å². The van der Waals surface area contributed by atoms with E-state index in [2.05, 4.69) is 4.18 Å². The minimum atomic E-state index is -4.93. The van der Waals surface area contributed by atoms with Crippen molar-refractivity contribution >= 4 is 22.3 Å². The van der Waals surface area contributed by atoms with Gasteiger partial charge in [0.1, 0.15) is 0 Å². The van der Waals surface area contributed by atoms with Crippen molar-refractivity contribution in [2.45, 2.75) is 65.2 Å². The molecule has 130 valence electrons. The Hall–Kier alpha value is -1.15. The molecule has 0 spiro atoms. The van der Waals surface area contributed by atoms with Crippen LogP contribution < -0.4 is 0 Å². The van der Waals surface area contributed by atoms with Crippen LogP contribution in [-0.2, 0) is 24.2 Å². The van der Waals surface area contributed by atoms with Crippen molar-refractivity contribution < 1.29 is 31.8 Å². The van der Waals surface area contributed by atoms with Crippen LogP contribution in [0.2, 0.25) is 0 Å². The summed E-state index contributed by atoms with van der Waals surface area (Å²) in [6.07, 6.45) is 5.16. The summed E-state index contributed by atoms with van der Waals surface area (Å²) in [5.74, 6) is -4.41. The highest BCUT2D eigenvalue weighted by Crippen LogP contribution is 2.27. The molecule has 0 rings (SSSR count). The highest BCUT2D eigenvalue weighted by molar-refractivity contribution is 7.81. The number of aliphatic carboxylic acids is 1. The first-order valence-electron chi connectivity index (χ1n) is 7.66. The summed E-state index contributed by atoms with van der Waals surface area (Å²) < 4.78 is 34.0. The Kier molecular flexibility index (Phi) is 10.0. The summed E-state index contributed by atoms with van der Waals surface area (Å²) >= 11 is 0. The molecule has 0 saturated carbocycles. The number of carboxylic acid groups (broad SMARTS) is 1. The maximum absolute atomic E-state index is 11.9. The van der Waals surface area contributed by atoms with Gasteiger partial charge in [-0.25, -0.2) is 0 Å². The lowest BCUT2D eigenvalue weighted by atomic mass is 9.84. The smallest absolute Gasteiger partial charge is 0.448 e. The molecule has 0 aliphatic carbocycles. The lowest BCUT2D eigenvalue weighted by Crippen LogP contribution is -2.32. The Labute approximate surface area is 132 Å². The molecule has 0 aromatic carbocycles. The lowest BCUT2D eigenvalue weighted by molar-refractivity contribution is -0.153. The molecular formula is C14H26O7S. The van der Waals surface area contributed by atoms with Crippen molar-refractivity contribution in [3.05, 3.63) is 0 Å². The summed E-state index contributed by atoms with van der Waals surface area (Å²) in [6, 6.07) is 0. The highest BCUT2D eigenvalue weighted by atomic mass is 32.3. The average molecular weight is 338 g/mol. The van der Waals surface area contributed by atoms with E-state index in [4.69, 9.17) is 4.55 Å². The molecule has 0 heterocycles. The van der Waals surface area contributed by atoms with Gasteiger partial charge < -0.3 is 9.29 Å². The molecule has 0 bridgehead atoms. The maximum atomic E-state index is 11.9. The third-order valence-corrected chi connectivity index (χ3v) is 3.91. The molecule has 0 radical (unpaired) electrons. The Morgan fingerprint density at radius 2 is 1.41 bits per heavy atom. The highest BCUT2D eigenvalue weighted by Gasteiger charge is 2.35. The molecule has 22 heavy (non-hydrogen) atoms. The van der Waals surface area contributed by atoms with E-state index in [0.29, 0.717) is 12.8 Å². The predicted octanol–water partition coefficient (Wildman–Crippen LogP) is 2.81. The Morgan fingerprint density at radius 1 is 0.955 bits per heavy atom. The third-order valence-electron chi connectivity index (χ3n) is 3.53. The van der Waals surface area contributed by atoms with E-state index < -0.39 is 34.2 Å². The van der Waals surface area contributed by atoms with Gasteiger partial charge in [0.05, 0.1) is 11.8 Å². The molecule has 7 nitrogen and oxygen atoms in total. The molecule has 0 aromatic heterocycles. The zero-order valence-electron chi connectivity index (χ0n) is 13.2. The maximum Gasteiger partial charge on any atom is 0.448 e. The van der Waals surface area contributed by atoms with Gasteiger partial charge in [-0.3, -0.25) is 14.1 Å². The summed E-state index contributed by atoms with van der Waals surface area (Å²) in [4.78, 5) is 23.3. The van der Waals surface area contributed by atoms with Crippen LogP contribution in [0.5, 0.6) is 0 Å². The van der Waals surface area contributed by atoms with Crippen LogP contribution in [0, 0.1) is 11.8 Å². The van der Waals surface area contributed by atoms with Crippen molar-refractivity contribution in [2.75, 3.05) is 0 Å². The first-order chi connectivity index (χ1) is 10.2. The van der Waals surface area contributed by atoms with Crippen molar-refractivity contribution in [3.8, 4) is 0 Å². The summed E-state index contributed by atoms with van der Waals surface area (Å²) in [5, 5.41) is 9.33. The van der Waals surface area contributed by atoms with Gasteiger partial charge in [0.2, 0.25) is 0 Å². The van der Waals surface area contributed by atoms with E-state index in [0.717, 1.165) is 25.7 Å². The van der Waals surface area contributed by atoms with Gasteiger partial charge >= 0.3 is 22.3 Å². The molecule has 0 saturated heterocycles. The fourth-order valence-corrected chi connectivity index (χ4v) is 2.71. The molecule has 8 heteroatoms.